The minimum Gasteiger partial charge on any atom is -0.399 e. The van der Waals surface area contributed by atoms with Crippen molar-refractivity contribution in [1.82, 2.24) is 4.90 Å². The standard InChI is InChI=1S/C15H22N2O2/c1-11(12-4-3-5-13(16)10-12)15(18)17-8-6-14(19-2)7-9-17/h3-5,10-11,14H,6-9,16H2,1-2H3. The molecule has 1 saturated heterocycles. The fourth-order valence-electron chi connectivity index (χ4n) is 2.56. The van der Waals surface area contributed by atoms with E-state index in [0.29, 0.717) is 11.8 Å². The molecular weight excluding hydrogens is 240 g/mol. The third-order valence-corrected chi connectivity index (χ3v) is 3.87. The van der Waals surface area contributed by atoms with Gasteiger partial charge in [0.25, 0.3) is 0 Å². The summed E-state index contributed by atoms with van der Waals surface area (Å²) in [5, 5.41) is 0. The molecule has 2 rings (SSSR count). The molecule has 0 saturated carbocycles. The molecule has 104 valence electrons. The average molecular weight is 262 g/mol. The molecule has 0 bridgehead atoms. The van der Waals surface area contributed by atoms with Crippen molar-refractivity contribution >= 4 is 11.6 Å². The summed E-state index contributed by atoms with van der Waals surface area (Å²) in [6.45, 7) is 3.51. The summed E-state index contributed by atoms with van der Waals surface area (Å²) in [6, 6.07) is 7.57. The highest BCUT2D eigenvalue weighted by Crippen LogP contribution is 2.22. The van der Waals surface area contributed by atoms with E-state index < -0.39 is 0 Å². The maximum Gasteiger partial charge on any atom is 0.229 e. The number of hydrogen-bond donors (Lipinski definition) is 1. The molecule has 1 atom stereocenters. The Bertz CT molecular complexity index is 440. The Morgan fingerprint density at radius 3 is 2.68 bits per heavy atom. The van der Waals surface area contributed by atoms with Crippen molar-refractivity contribution in [3.63, 3.8) is 0 Å². The number of likely N-dealkylation sites (tertiary alicyclic amines) is 1. The Hall–Kier alpha value is -1.55. The van der Waals surface area contributed by atoms with E-state index in [2.05, 4.69) is 0 Å². The minimum absolute atomic E-state index is 0.136. The molecule has 1 aromatic carbocycles. The maximum atomic E-state index is 12.4. The van der Waals surface area contributed by atoms with E-state index in [0.717, 1.165) is 31.5 Å². The van der Waals surface area contributed by atoms with E-state index in [1.807, 2.05) is 36.1 Å². The summed E-state index contributed by atoms with van der Waals surface area (Å²) in [6.07, 6.45) is 2.14. The lowest BCUT2D eigenvalue weighted by atomic mass is 9.97. The predicted octanol–water partition coefficient (Wildman–Crippen LogP) is 2.01. The first kappa shape index (κ1) is 13.9. The van der Waals surface area contributed by atoms with E-state index in [9.17, 15) is 4.79 Å². The number of nitrogens with zero attached hydrogens (tertiary/aromatic N) is 1. The Morgan fingerprint density at radius 2 is 2.11 bits per heavy atom. The van der Waals surface area contributed by atoms with Crippen molar-refractivity contribution in [2.45, 2.75) is 31.8 Å². The number of amides is 1. The van der Waals surface area contributed by atoms with Gasteiger partial charge in [0.1, 0.15) is 0 Å². The number of rotatable bonds is 3. The number of nitrogen functional groups attached to an aromatic ring is 1. The monoisotopic (exact) mass is 262 g/mol. The van der Waals surface area contributed by atoms with Gasteiger partial charge in [-0.05, 0) is 37.5 Å². The first-order chi connectivity index (χ1) is 9.11. The average Bonchev–Trinajstić information content (AvgIpc) is 2.46. The molecule has 1 aliphatic rings. The van der Waals surface area contributed by atoms with Crippen LogP contribution in [-0.4, -0.2) is 37.1 Å². The lowest BCUT2D eigenvalue weighted by Crippen LogP contribution is -2.42. The SMILES string of the molecule is COC1CCN(C(=O)C(C)c2cccc(N)c2)CC1. The molecule has 4 nitrogen and oxygen atoms in total. The number of anilines is 1. The van der Waals surface area contributed by atoms with Crippen molar-refractivity contribution < 1.29 is 9.53 Å². The second-order valence-corrected chi connectivity index (χ2v) is 5.15. The molecule has 4 heteroatoms. The lowest BCUT2D eigenvalue weighted by molar-refractivity contribution is -0.134. The molecule has 0 aromatic heterocycles. The van der Waals surface area contributed by atoms with Crippen LogP contribution >= 0.6 is 0 Å². The van der Waals surface area contributed by atoms with Crippen molar-refractivity contribution in [2.24, 2.45) is 0 Å². The van der Waals surface area contributed by atoms with Crippen LogP contribution in [0.1, 0.15) is 31.2 Å². The van der Waals surface area contributed by atoms with Gasteiger partial charge in [-0.3, -0.25) is 4.79 Å². The Labute approximate surface area is 114 Å². The number of carbonyl (C=O) groups is 1. The first-order valence-electron chi connectivity index (χ1n) is 6.79. The zero-order chi connectivity index (χ0) is 13.8. The molecule has 1 aromatic rings. The van der Waals surface area contributed by atoms with Crippen molar-refractivity contribution in [2.75, 3.05) is 25.9 Å². The number of carbonyl (C=O) groups excluding carboxylic acids is 1. The number of hydrogen-bond acceptors (Lipinski definition) is 3. The van der Waals surface area contributed by atoms with E-state index in [-0.39, 0.29) is 11.8 Å². The maximum absolute atomic E-state index is 12.4. The van der Waals surface area contributed by atoms with Crippen LogP contribution in [0.15, 0.2) is 24.3 Å². The van der Waals surface area contributed by atoms with Crippen LogP contribution in [0.2, 0.25) is 0 Å². The summed E-state index contributed by atoms with van der Waals surface area (Å²) in [5.74, 6) is 0.0442. The van der Waals surface area contributed by atoms with Gasteiger partial charge in [0.2, 0.25) is 5.91 Å². The van der Waals surface area contributed by atoms with E-state index in [1.54, 1.807) is 7.11 Å². The van der Waals surface area contributed by atoms with Gasteiger partial charge >= 0.3 is 0 Å². The topological polar surface area (TPSA) is 55.6 Å². The van der Waals surface area contributed by atoms with Crippen LogP contribution in [0.4, 0.5) is 5.69 Å². The lowest BCUT2D eigenvalue weighted by Gasteiger charge is -2.33. The molecule has 1 unspecified atom stereocenters. The number of benzene rings is 1. The van der Waals surface area contributed by atoms with Gasteiger partial charge in [-0.25, -0.2) is 0 Å². The predicted molar refractivity (Wildman–Crippen MR) is 75.9 cm³/mol. The number of methoxy groups -OCH3 is 1. The van der Waals surface area contributed by atoms with Crippen LogP contribution in [-0.2, 0) is 9.53 Å². The van der Waals surface area contributed by atoms with Gasteiger partial charge in [-0.2, -0.15) is 0 Å². The number of nitrogens with two attached hydrogens (primary N) is 1. The fraction of sp³-hybridized carbons (Fsp3) is 0.533. The van der Waals surface area contributed by atoms with Crippen molar-refractivity contribution in [3.05, 3.63) is 29.8 Å². The summed E-state index contributed by atoms with van der Waals surface area (Å²) in [7, 11) is 1.73. The quantitative estimate of drug-likeness (QED) is 0.848. The van der Waals surface area contributed by atoms with Gasteiger partial charge in [0.15, 0.2) is 0 Å². The highest BCUT2D eigenvalue weighted by Gasteiger charge is 2.26. The van der Waals surface area contributed by atoms with Crippen LogP contribution in [0.5, 0.6) is 0 Å². The molecule has 1 fully saturated rings. The van der Waals surface area contributed by atoms with Crippen LogP contribution in [0, 0.1) is 0 Å². The van der Waals surface area contributed by atoms with Gasteiger partial charge in [0, 0.05) is 25.9 Å². The molecule has 2 N–H and O–H groups in total. The second-order valence-electron chi connectivity index (χ2n) is 5.15. The zero-order valence-corrected chi connectivity index (χ0v) is 11.6. The van der Waals surface area contributed by atoms with E-state index in [1.165, 1.54) is 0 Å². The zero-order valence-electron chi connectivity index (χ0n) is 11.6. The van der Waals surface area contributed by atoms with Crippen LogP contribution in [0.3, 0.4) is 0 Å². The second kappa shape index (κ2) is 6.06. The third-order valence-electron chi connectivity index (χ3n) is 3.87. The molecule has 1 aliphatic heterocycles. The van der Waals surface area contributed by atoms with Gasteiger partial charge in [-0.15, -0.1) is 0 Å². The minimum atomic E-state index is -0.136. The molecule has 0 spiro atoms. The summed E-state index contributed by atoms with van der Waals surface area (Å²) in [5.41, 5.74) is 7.46. The summed E-state index contributed by atoms with van der Waals surface area (Å²) < 4.78 is 5.33. The molecule has 1 heterocycles. The Morgan fingerprint density at radius 1 is 1.42 bits per heavy atom. The van der Waals surface area contributed by atoms with Gasteiger partial charge in [-0.1, -0.05) is 12.1 Å². The normalized spacial score (nSPS) is 18.3. The number of piperidine rings is 1. The van der Waals surface area contributed by atoms with E-state index in [4.69, 9.17) is 10.5 Å². The van der Waals surface area contributed by atoms with E-state index >= 15 is 0 Å². The Kier molecular flexibility index (Phi) is 4.43. The number of ether oxygens (including phenoxy) is 1. The van der Waals surface area contributed by atoms with Crippen molar-refractivity contribution in [1.29, 1.82) is 0 Å². The largest absolute Gasteiger partial charge is 0.399 e. The third kappa shape index (κ3) is 3.26. The molecule has 19 heavy (non-hydrogen) atoms. The summed E-state index contributed by atoms with van der Waals surface area (Å²) >= 11 is 0. The molecule has 0 aliphatic carbocycles. The summed E-state index contributed by atoms with van der Waals surface area (Å²) in [4.78, 5) is 14.4. The fourth-order valence-corrected chi connectivity index (χ4v) is 2.56. The van der Waals surface area contributed by atoms with Crippen molar-refractivity contribution in [3.8, 4) is 0 Å². The van der Waals surface area contributed by atoms with Gasteiger partial charge < -0.3 is 15.4 Å². The molecule has 0 radical (unpaired) electrons. The Balaban J connectivity index is 2.00. The molecule has 1 amide bonds. The smallest absolute Gasteiger partial charge is 0.229 e. The molecular formula is C15H22N2O2. The first-order valence-corrected chi connectivity index (χ1v) is 6.79. The van der Waals surface area contributed by atoms with Crippen LogP contribution < -0.4 is 5.73 Å². The van der Waals surface area contributed by atoms with Crippen LogP contribution in [0.25, 0.3) is 0 Å². The highest BCUT2D eigenvalue weighted by molar-refractivity contribution is 5.83. The highest BCUT2D eigenvalue weighted by atomic mass is 16.5. The van der Waals surface area contributed by atoms with Gasteiger partial charge in [0.05, 0.1) is 12.0 Å².